The van der Waals surface area contributed by atoms with Gasteiger partial charge in [-0.25, -0.2) is 14.9 Å². The van der Waals surface area contributed by atoms with E-state index in [1.807, 2.05) is 91.0 Å². The first kappa shape index (κ1) is 27.0. The third kappa shape index (κ3) is 4.96. The summed E-state index contributed by atoms with van der Waals surface area (Å²) in [5, 5.41) is 9.56. The zero-order valence-electron chi connectivity index (χ0n) is 20.4. The van der Waals surface area contributed by atoms with Crippen molar-refractivity contribution in [2.24, 2.45) is 0 Å². The van der Waals surface area contributed by atoms with Crippen molar-refractivity contribution >= 4 is 27.5 Å². The molecule has 200 valence electrons. The van der Waals surface area contributed by atoms with Gasteiger partial charge in [-0.05, 0) is 16.7 Å². The van der Waals surface area contributed by atoms with Crippen LogP contribution in [0.1, 0.15) is 22.9 Å². The van der Waals surface area contributed by atoms with Gasteiger partial charge in [0.15, 0.2) is 11.3 Å². The van der Waals surface area contributed by atoms with Crippen molar-refractivity contribution < 1.29 is 14.5 Å². The predicted octanol–water partition coefficient (Wildman–Crippen LogP) is 4.33. The second-order valence-electron chi connectivity index (χ2n) is 8.94. The second-order valence-corrected chi connectivity index (χ2v) is 10.5. The number of nitro groups is 1. The van der Waals surface area contributed by atoms with Crippen LogP contribution in [-0.4, -0.2) is 37.2 Å². The lowest BCUT2D eigenvalue weighted by Crippen LogP contribution is -2.44. The molecular weight excluding hydrogens is 590 g/mol. The maximum absolute atomic E-state index is 12.8. The molecule has 0 N–H and O–H groups in total. The van der Waals surface area contributed by atoms with Gasteiger partial charge in [-0.3, -0.25) is 9.36 Å². The SMILES string of the molecule is O=c1ccn([C@@H]2O[C@H](COC(c3ccccc3)(c3ccccc3)c3ccccc3)[C@H](Cl)[C@@H]2Br)c(=O)n1[N+](=O)[O-]. The number of halogens is 2. The van der Waals surface area contributed by atoms with Crippen LogP contribution in [0.4, 0.5) is 0 Å². The highest BCUT2D eigenvalue weighted by atomic mass is 79.9. The van der Waals surface area contributed by atoms with Crippen LogP contribution in [0.25, 0.3) is 0 Å². The van der Waals surface area contributed by atoms with Crippen LogP contribution >= 0.6 is 27.5 Å². The molecule has 0 unspecified atom stereocenters. The van der Waals surface area contributed by atoms with Crippen LogP contribution in [0, 0.1) is 10.1 Å². The smallest absolute Gasteiger partial charge is 0.358 e. The second kappa shape index (κ2) is 11.3. The Morgan fingerprint density at radius 2 is 1.38 bits per heavy atom. The van der Waals surface area contributed by atoms with Crippen LogP contribution in [0.3, 0.4) is 0 Å². The summed E-state index contributed by atoms with van der Waals surface area (Å²) < 4.78 is 13.9. The average molecular weight is 613 g/mol. The van der Waals surface area contributed by atoms with Crippen molar-refractivity contribution in [1.82, 2.24) is 9.24 Å². The summed E-state index contributed by atoms with van der Waals surface area (Å²) in [6, 6.07) is 30.3. The monoisotopic (exact) mass is 611 g/mol. The first-order valence-corrected chi connectivity index (χ1v) is 13.4. The van der Waals surface area contributed by atoms with E-state index in [9.17, 15) is 19.7 Å². The van der Waals surface area contributed by atoms with Gasteiger partial charge in [0.25, 0.3) is 0 Å². The molecule has 1 saturated heterocycles. The van der Waals surface area contributed by atoms with E-state index < -0.39 is 44.4 Å². The van der Waals surface area contributed by atoms with E-state index >= 15 is 0 Å². The van der Waals surface area contributed by atoms with Gasteiger partial charge in [-0.2, -0.15) is 0 Å². The molecule has 1 fully saturated rings. The number of hydrogen-bond acceptors (Lipinski definition) is 6. The largest absolute Gasteiger partial charge is 0.394 e. The molecule has 0 radical (unpaired) electrons. The Hall–Kier alpha value is -3.57. The van der Waals surface area contributed by atoms with Gasteiger partial charge in [0.2, 0.25) is 0 Å². The molecule has 11 heteroatoms. The summed E-state index contributed by atoms with van der Waals surface area (Å²) in [5.41, 5.74) is -0.516. The highest BCUT2D eigenvalue weighted by Crippen LogP contribution is 2.43. The third-order valence-corrected chi connectivity index (χ3v) is 8.56. The lowest BCUT2D eigenvalue weighted by molar-refractivity contribution is -0.549. The number of benzene rings is 3. The lowest BCUT2D eigenvalue weighted by Gasteiger charge is -2.37. The summed E-state index contributed by atoms with van der Waals surface area (Å²) in [6.07, 6.45) is -0.557. The van der Waals surface area contributed by atoms with E-state index in [0.717, 1.165) is 27.3 Å². The third-order valence-electron chi connectivity index (χ3n) is 6.68. The van der Waals surface area contributed by atoms with Gasteiger partial charge in [0.05, 0.1) is 16.8 Å². The van der Waals surface area contributed by atoms with Crippen LogP contribution in [0.5, 0.6) is 0 Å². The Morgan fingerprint density at radius 3 is 1.85 bits per heavy atom. The van der Waals surface area contributed by atoms with E-state index in [4.69, 9.17) is 21.1 Å². The van der Waals surface area contributed by atoms with Gasteiger partial charge in [0.1, 0.15) is 11.7 Å². The van der Waals surface area contributed by atoms with Gasteiger partial charge in [-0.1, -0.05) is 107 Å². The average Bonchev–Trinajstić information content (AvgIpc) is 3.24. The molecule has 4 aromatic rings. The predicted molar refractivity (Wildman–Crippen MR) is 149 cm³/mol. The van der Waals surface area contributed by atoms with Crippen LogP contribution < -0.4 is 11.2 Å². The minimum absolute atomic E-state index is 0.0229. The van der Waals surface area contributed by atoms with Crippen molar-refractivity contribution in [2.75, 3.05) is 6.61 Å². The van der Waals surface area contributed by atoms with Gasteiger partial charge in [-0.15, -0.1) is 11.6 Å². The molecule has 2 heterocycles. The van der Waals surface area contributed by atoms with Gasteiger partial charge < -0.3 is 9.47 Å². The molecule has 9 nitrogen and oxygen atoms in total. The molecular formula is C28H23BrClN3O6. The Balaban J connectivity index is 1.53. The molecule has 0 bridgehead atoms. The number of rotatable bonds is 8. The molecule has 1 aromatic heterocycles. The molecule has 0 saturated carbocycles. The molecule has 0 spiro atoms. The van der Waals surface area contributed by atoms with Crippen molar-refractivity contribution in [3.63, 3.8) is 0 Å². The summed E-state index contributed by atoms with van der Waals surface area (Å²) in [6.45, 7) is 0.0229. The topological polar surface area (TPSA) is 106 Å². The number of ether oxygens (including phenoxy) is 2. The highest BCUT2D eigenvalue weighted by Gasteiger charge is 2.46. The summed E-state index contributed by atoms with van der Waals surface area (Å²) in [5.74, 6) is 0. The first-order chi connectivity index (χ1) is 18.8. The van der Waals surface area contributed by atoms with E-state index in [1.165, 1.54) is 6.20 Å². The summed E-state index contributed by atoms with van der Waals surface area (Å²) in [7, 11) is 0. The quantitative estimate of drug-likeness (QED) is 0.127. The number of aromatic nitrogens is 2. The minimum Gasteiger partial charge on any atom is -0.358 e. The fourth-order valence-corrected chi connectivity index (χ4v) is 5.82. The molecule has 5 rings (SSSR count). The zero-order valence-corrected chi connectivity index (χ0v) is 22.7. The molecule has 0 aliphatic carbocycles. The molecule has 0 amide bonds. The van der Waals surface area contributed by atoms with Crippen molar-refractivity contribution in [1.29, 1.82) is 0 Å². The Kier molecular flexibility index (Phi) is 7.81. The number of hydrogen-bond donors (Lipinski definition) is 0. The number of nitrogens with zero attached hydrogens (tertiary/aromatic N) is 3. The lowest BCUT2D eigenvalue weighted by atomic mass is 9.80. The standard InChI is InChI=1S/C28H23BrClN3O6/c29-24-25(30)22(39-26(24)31-17-16-23(34)32(27(31)35)33(36)37)18-38-28(19-10-4-1-5-11-19,20-12-6-2-7-13-20)21-14-8-3-9-15-21/h1-17,22,24-26H,18H2/t22-,24+,25+,26-/m1/s1. The molecule has 1 aliphatic heterocycles. The molecule has 39 heavy (non-hydrogen) atoms. The summed E-state index contributed by atoms with van der Waals surface area (Å²) in [4.78, 5) is 35.3. The van der Waals surface area contributed by atoms with Crippen molar-refractivity contribution in [3.8, 4) is 0 Å². The normalized spacial score (nSPS) is 21.1. The van der Waals surface area contributed by atoms with E-state index in [0.29, 0.717) is 0 Å². The van der Waals surface area contributed by atoms with Crippen LogP contribution in [0.15, 0.2) is 113 Å². The van der Waals surface area contributed by atoms with E-state index in [1.54, 1.807) is 0 Å². The Morgan fingerprint density at radius 1 is 0.897 bits per heavy atom. The van der Waals surface area contributed by atoms with E-state index in [2.05, 4.69) is 15.9 Å². The van der Waals surface area contributed by atoms with Crippen LogP contribution in [0.2, 0.25) is 0 Å². The van der Waals surface area contributed by atoms with Gasteiger partial charge in [0, 0.05) is 16.9 Å². The van der Waals surface area contributed by atoms with Crippen LogP contribution in [-0.2, 0) is 15.1 Å². The first-order valence-electron chi connectivity index (χ1n) is 12.1. The molecule has 1 aliphatic rings. The van der Waals surface area contributed by atoms with Gasteiger partial charge >= 0.3 is 11.2 Å². The highest BCUT2D eigenvalue weighted by molar-refractivity contribution is 9.09. The van der Waals surface area contributed by atoms with Crippen molar-refractivity contribution in [2.45, 2.75) is 28.1 Å². The maximum Gasteiger partial charge on any atom is 0.394 e. The minimum atomic E-state index is -1.14. The van der Waals surface area contributed by atoms with Crippen molar-refractivity contribution in [3.05, 3.63) is 151 Å². The fraction of sp³-hybridized carbons (Fsp3) is 0.214. The summed E-state index contributed by atoms with van der Waals surface area (Å²) >= 11 is 10.2. The van der Waals surface area contributed by atoms with E-state index in [-0.39, 0.29) is 11.3 Å². The molecule has 3 aromatic carbocycles. The Bertz CT molecular complexity index is 1470. The fourth-order valence-electron chi connectivity index (χ4n) is 4.84. The zero-order chi connectivity index (χ0) is 27.6. The maximum atomic E-state index is 12.8. The molecule has 4 atom stereocenters. The number of alkyl halides is 2. The Labute approximate surface area is 236 Å².